The molecule has 0 aromatic heterocycles. The molecule has 2 aromatic rings. The van der Waals surface area contributed by atoms with Gasteiger partial charge in [-0.05, 0) is 54.7 Å². The van der Waals surface area contributed by atoms with E-state index in [0.717, 1.165) is 23.2 Å². The number of hydrogen-bond donors (Lipinski definition) is 1. The van der Waals surface area contributed by atoms with Crippen molar-refractivity contribution in [2.45, 2.75) is 56.5 Å². The first kappa shape index (κ1) is 19.7. The van der Waals surface area contributed by atoms with Gasteiger partial charge in [0.15, 0.2) is 0 Å². The predicted molar refractivity (Wildman–Crippen MR) is 115 cm³/mol. The average Bonchev–Trinajstić information content (AvgIpc) is 3.03. The highest BCUT2D eigenvalue weighted by atomic mass is 35.5. The Morgan fingerprint density at radius 2 is 1.86 bits per heavy atom. The zero-order valence-corrected chi connectivity index (χ0v) is 18.3. The number of hydrogen-bond acceptors (Lipinski definition) is 3. The van der Waals surface area contributed by atoms with Gasteiger partial charge in [-0.25, -0.2) is 8.42 Å². The highest BCUT2D eigenvalue weighted by Crippen LogP contribution is 2.49. The maximum atomic E-state index is 13.5. The molecule has 2 aliphatic heterocycles. The fourth-order valence-corrected chi connectivity index (χ4v) is 6.81. The average molecular weight is 419 g/mol. The van der Waals surface area contributed by atoms with E-state index in [2.05, 4.69) is 26.1 Å². The quantitative estimate of drug-likeness (QED) is 0.777. The van der Waals surface area contributed by atoms with E-state index in [1.807, 2.05) is 37.3 Å². The number of aryl methyl sites for hydroxylation is 1. The molecule has 0 amide bonds. The largest absolute Gasteiger partial charge is 0.380 e. The molecule has 28 heavy (non-hydrogen) atoms. The standard InChI is InChI=1S/C22H27ClN2O2S/c1-5-20-21-18(22(3,4)17-12-15(23)8-11-19(17)24-21)13-25(20)28(26,27)16-9-6-14(2)7-10-16/h6-12,18,20-21,24H,5,13H2,1-4H3/t18-,20-,21+/m0/s1. The molecule has 2 aromatic carbocycles. The Balaban J connectivity index is 1.76. The number of sulfonamides is 1. The number of nitrogens with zero attached hydrogens (tertiary/aromatic N) is 1. The summed E-state index contributed by atoms with van der Waals surface area (Å²) in [4.78, 5) is 0.369. The van der Waals surface area contributed by atoms with Crippen LogP contribution in [0, 0.1) is 12.8 Å². The maximum absolute atomic E-state index is 13.5. The molecule has 3 atom stereocenters. The molecule has 0 radical (unpaired) electrons. The zero-order chi connectivity index (χ0) is 20.3. The topological polar surface area (TPSA) is 49.4 Å². The minimum Gasteiger partial charge on any atom is -0.380 e. The number of nitrogens with one attached hydrogen (secondary N) is 1. The first-order chi connectivity index (χ1) is 13.2. The molecule has 2 aliphatic rings. The van der Waals surface area contributed by atoms with E-state index in [-0.39, 0.29) is 23.4 Å². The normalized spacial score (nSPS) is 26.4. The van der Waals surface area contributed by atoms with Crippen LogP contribution in [0.3, 0.4) is 0 Å². The van der Waals surface area contributed by atoms with Gasteiger partial charge in [-0.2, -0.15) is 4.31 Å². The van der Waals surface area contributed by atoms with E-state index < -0.39 is 10.0 Å². The lowest BCUT2D eigenvalue weighted by Crippen LogP contribution is -2.48. The van der Waals surface area contributed by atoms with Gasteiger partial charge < -0.3 is 5.32 Å². The summed E-state index contributed by atoms with van der Waals surface area (Å²) in [6, 6.07) is 13.1. The van der Waals surface area contributed by atoms with Crippen molar-refractivity contribution in [2.24, 2.45) is 5.92 Å². The molecule has 4 rings (SSSR count). The van der Waals surface area contributed by atoms with Gasteiger partial charge in [0.2, 0.25) is 10.0 Å². The third kappa shape index (κ3) is 2.95. The van der Waals surface area contributed by atoms with Crippen molar-refractivity contribution in [3.8, 4) is 0 Å². The van der Waals surface area contributed by atoms with E-state index in [1.54, 1.807) is 16.4 Å². The molecule has 0 saturated carbocycles. The van der Waals surface area contributed by atoms with E-state index in [4.69, 9.17) is 11.6 Å². The number of benzene rings is 2. The van der Waals surface area contributed by atoms with Gasteiger partial charge in [0, 0.05) is 35.3 Å². The van der Waals surface area contributed by atoms with Crippen molar-refractivity contribution < 1.29 is 8.42 Å². The van der Waals surface area contributed by atoms with Crippen molar-refractivity contribution in [1.82, 2.24) is 4.31 Å². The predicted octanol–water partition coefficient (Wildman–Crippen LogP) is 4.82. The Kier molecular flexibility index (Phi) is 4.76. The molecule has 1 N–H and O–H groups in total. The minimum atomic E-state index is -3.55. The summed E-state index contributed by atoms with van der Waals surface area (Å²) < 4.78 is 28.7. The molecule has 6 heteroatoms. The first-order valence-corrected chi connectivity index (χ1v) is 11.6. The highest BCUT2D eigenvalue weighted by Gasteiger charge is 2.54. The fraction of sp³-hybridized carbons (Fsp3) is 0.455. The second kappa shape index (κ2) is 6.75. The van der Waals surface area contributed by atoms with Gasteiger partial charge in [-0.15, -0.1) is 0 Å². The Hall–Kier alpha value is -1.56. The Labute approximate surface area is 172 Å². The van der Waals surface area contributed by atoms with Gasteiger partial charge in [-0.3, -0.25) is 0 Å². The number of rotatable bonds is 3. The van der Waals surface area contributed by atoms with Crippen LogP contribution in [-0.2, 0) is 15.4 Å². The monoisotopic (exact) mass is 418 g/mol. The van der Waals surface area contributed by atoms with Crippen molar-refractivity contribution >= 4 is 27.3 Å². The minimum absolute atomic E-state index is 0.0777. The van der Waals surface area contributed by atoms with Crippen LogP contribution in [-0.4, -0.2) is 31.4 Å². The van der Waals surface area contributed by atoms with E-state index >= 15 is 0 Å². The third-order valence-electron chi connectivity index (χ3n) is 6.57. The fourth-order valence-electron chi connectivity index (χ4n) is 4.90. The van der Waals surface area contributed by atoms with E-state index in [9.17, 15) is 8.42 Å². The van der Waals surface area contributed by atoms with Crippen LogP contribution in [0.5, 0.6) is 0 Å². The van der Waals surface area contributed by atoms with Crippen LogP contribution < -0.4 is 5.32 Å². The van der Waals surface area contributed by atoms with Gasteiger partial charge in [0.1, 0.15) is 0 Å². The van der Waals surface area contributed by atoms with Crippen LogP contribution in [0.15, 0.2) is 47.4 Å². The summed E-state index contributed by atoms with van der Waals surface area (Å²) in [6.45, 7) is 8.94. The van der Waals surface area contributed by atoms with Crippen LogP contribution in [0.25, 0.3) is 0 Å². The van der Waals surface area contributed by atoms with Crippen molar-refractivity contribution in [2.75, 3.05) is 11.9 Å². The Morgan fingerprint density at radius 3 is 2.50 bits per heavy atom. The summed E-state index contributed by atoms with van der Waals surface area (Å²) in [7, 11) is -3.55. The summed E-state index contributed by atoms with van der Waals surface area (Å²) in [6.07, 6.45) is 0.762. The lowest BCUT2D eigenvalue weighted by molar-refractivity contribution is 0.301. The molecule has 4 nitrogen and oxygen atoms in total. The Morgan fingerprint density at radius 1 is 1.18 bits per heavy atom. The van der Waals surface area contributed by atoms with Gasteiger partial charge in [0.05, 0.1) is 4.90 Å². The van der Waals surface area contributed by atoms with Crippen LogP contribution in [0.1, 0.15) is 38.3 Å². The SMILES string of the molecule is CC[C@H]1[C@@H]2Nc3ccc(Cl)cc3C(C)(C)[C@H]2CN1S(=O)(=O)c1ccc(C)cc1. The highest BCUT2D eigenvalue weighted by molar-refractivity contribution is 7.89. The summed E-state index contributed by atoms with van der Waals surface area (Å²) >= 11 is 6.26. The summed E-state index contributed by atoms with van der Waals surface area (Å²) in [5.41, 5.74) is 3.09. The molecule has 150 valence electrons. The lowest BCUT2D eigenvalue weighted by Gasteiger charge is -2.43. The molecule has 0 aliphatic carbocycles. The molecular formula is C22H27ClN2O2S. The van der Waals surface area contributed by atoms with Crippen molar-refractivity contribution in [1.29, 1.82) is 0 Å². The van der Waals surface area contributed by atoms with Crippen LogP contribution in [0.4, 0.5) is 5.69 Å². The molecule has 1 saturated heterocycles. The zero-order valence-electron chi connectivity index (χ0n) is 16.7. The molecule has 0 bridgehead atoms. The number of anilines is 1. The third-order valence-corrected chi connectivity index (χ3v) is 8.71. The van der Waals surface area contributed by atoms with Crippen LogP contribution in [0.2, 0.25) is 5.02 Å². The maximum Gasteiger partial charge on any atom is 0.243 e. The second-order valence-electron chi connectivity index (χ2n) is 8.55. The number of fused-ring (bicyclic) bond motifs is 2. The summed E-state index contributed by atoms with van der Waals surface area (Å²) in [5, 5.41) is 4.35. The molecular weight excluding hydrogens is 392 g/mol. The van der Waals surface area contributed by atoms with Gasteiger partial charge >= 0.3 is 0 Å². The molecule has 2 heterocycles. The Bertz CT molecular complexity index is 1000. The lowest BCUT2D eigenvalue weighted by atomic mass is 9.67. The van der Waals surface area contributed by atoms with Crippen molar-refractivity contribution in [3.63, 3.8) is 0 Å². The smallest absolute Gasteiger partial charge is 0.243 e. The van der Waals surface area contributed by atoms with Crippen LogP contribution >= 0.6 is 11.6 Å². The first-order valence-electron chi connectivity index (χ1n) is 9.81. The van der Waals surface area contributed by atoms with Gasteiger partial charge in [0.25, 0.3) is 0 Å². The second-order valence-corrected chi connectivity index (χ2v) is 10.9. The van der Waals surface area contributed by atoms with Gasteiger partial charge in [-0.1, -0.05) is 50.1 Å². The van der Waals surface area contributed by atoms with E-state index in [0.29, 0.717) is 16.5 Å². The van der Waals surface area contributed by atoms with Crippen molar-refractivity contribution in [3.05, 3.63) is 58.6 Å². The molecule has 0 unspecified atom stereocenters. The van der Waals surface area contributed by atoms with E-state index in [1.165, 1.54) is 0 Å². The summed E-state index contributed by atoms with van der Waals surface area (Å²) in [5.74, 6) is 0.170. The molecule has 1 fully saturated rings. The molecule has 0 spiro atoms. The number of halogens is 1.